The van der Waals surface area contributed by atoms with E-state index in [1.54, 1.807) is 12.4 Å². The molecule has 1 aliphatic carbocycles. The van der Waals surface area contributed by atoms with Gasteiger partial charge in [0.2, 0.25) is 12.7 Å². The zero-order chi connectivity index (χ0) is 15.6. The summed E-state index contributed by atoms with van der Waals surface area (Å²) >= 11 is 0. The van der Waals surface area contributed by atoms with Crippen LogP contribution in [0.25, 0.3) is 6.08 Å². The first-order valence-electron chi connectivity index (χ1n) is 7.53. The Morgan fingerprint density at radius 3 is 3.09 bits per heavy atom. The molecule has 1 saturated carbocycles. The molecule has 1 aliphatic heterocycles. The minimum atomic E-state index is -0.173. The minimum absolute atomic E-state index is 0.173. The summed E-state index contributed by atoms with van der Waals surface area (Å²) in [7, 11) is 0. The number of nitrogens with zero attached hydrogens (tertiary/aromatic N) is 3. The second-order valence-corrected chi connectivity index (χ2v) is 5.55. The molecule has 2 heterocycles. The molecule has 7 nitrogen and oxygen atoms in total. The largest absolute Gasteiger partial charge is 0.454 e. The molecule has 2 aliphatic rings. The van der Waals surface area contributed by atoms with Crippen molar-refractivity contribution in [2.75, 3.05) is 6.79 Å². The van der Waals surface area contributed by atoms with Crippen LogP contribution in [0.15, 0.2) is 30.6 Å². The van der Waals surface area contributed by atoms with Crippen LogP contribution < -0.4 is 14.8 Å². The number of rotatable bonds is 5. The average molecular weight is 312 g/mol. The third-order valence-corrected chi connectivity index (χ3v) is 3.83. The van der Waals surface area contributed by atoms with E-state index >= 15 is 0 Å². The van der Waals surface area contributed by atoms with Crippen LogP contribution in [0.1, 0.15) is 30.3 Å². The Morgan fingerprint density at radius 2 is 2.22 bits per heavy atom. The van der Waals surface area contributed by atoms with Crippen molar-refractivity contribution in [2.45, 2.75) is 25.4 Å². The van der Waals surface area contributed by atoms with Crippen molar-refractivity contribution in [1.29, 1.82) is 0 Å². The van der Waals surface area contributed by atoms with E-state index < -0.39 is 0 Å². The Kier molecular flexibility index (Phi) is 3.45. The number of carbonyl (C=O) groups excluding carboxylic acids is 1. The van der Waals surface area contributed by atoms with Crippen LogP contribution >= 0.6 is 0 Å². The fourth-order valence-electron chi connectivity index (χ4n) is 2.46. The molecule has 0 unspecified atom stereocenters. The minimum Gasteiger partial charge on any atom is -0.454 e. The first kappa shape index (κ1) is 13.8. The van der Waals surface area contributed by atoms with E-state index in [0.717, 1.165) is 30.0 Å². The van der Waals surface area contributed by atoms with Gasteiger partial charge in [-0.25, -0.2) is 0 Å². The topological polar surface area (TPSA) is 78.3 Å². The fraction of sp³-hybridized carbons (Fsp3) is 0.312. The lowest BCUT2D eigenvalue weighted by Crippen LogP contribution is -2.22. The quantitative estimate of drug-likeness (QED) is 0.850. The first-order chi connectivity index (χ1) is 11.3. The van der Waals surface area contributed by atoms with Crippen LogP contribution in [0.2, 0.25) is 0 Å². The summed E-state index contributed by atoms with van der Waals surface area (Å²) < 4.78 is 12.6. The number of carbonyl (C=O) groups is 1. The molecule has 2 aromatic rings. The van der Waals surface area contributed by atoms with Gasteiger partial charge in [0.1, 0.15) is 6.33 Å². The fourth-order valence-corrected chi connectivity index (χ4v) is 2.46. The third kappa shape index (κ3) is 3.03. The van der Waals surface area contributed by atoms with Gasteiger partial charge in [-0.15, -0.1) is 10.2 Å². The summed E-state index contributed by atoms with van der Waals surface area (Å²) in [6.45, 7) is 0.617. The molecule has 0 spiro atoms. The number of benzene rings is 1. The molecule has 4 rings (SSSR count). The van der Waals surface area contributed by atoms with Crippen molar-refractivity contribution in [2.24, 2.45) is 0 Å². The molecule has 118 valence electrons. The number of nitrogens with one attached hydrogen (secondary N) is 1. The molecule has 1 amide bonds. The lowest BCUT2D eigenvalue weighted by Gasteiger charge is -2.04. The van der Waals surface area contributed by atoms with Gasteiger partial charge in [0.25, 0.3) is 0 Å². The normalized spacial score (nSPS) is 16.0. The van der Waals surface area contributed by atoms with Crippen LogP contribution in [-0.2, 0) is 11.3 Å². The van der Waals surface area contributed by atoms with E-state index in [2.05, 4.69) is 15.5 Å². The maximum Gasteiger partial charge on any atom is 0.244 e. The molecule has 0 radical (unpaired) electrons. The van der Waals surface area contributed by atoms with Crippen molar-refractivity contribution < 1.29 is 14.3 Å². The molecule has 0 saturated heterocycles. The van der Waals surface area contributed by atoms with Crippen LogP contribution in [0.4, 0.5) is 0 Å². The molecule has 1 aromatic heterocycles. The van der Waals surface area contributed by atoms with E-state index in [0.29, 0.717) is 18.3 Å². The van der Waals surface area contributed by atoms with Gasteiger partial charge in [0.05, 0.1) is 6.54 Å². The molecule has 1 N–H and O–H groups in total. The number of fused-ring (bicyclic) bond motifs is 1. The molecule has 0 bridgehead atoms. The summed E-state index contributed by atoms with van der Waals surface area (Å²) in [4.78, 5) is 11.9. The molecule has 1 aromatic carbocycles. The highest BCUT2D eigenvalue weighted by atomic mass is 16.7. The third-order valence-electron chi connectivity index (χ3n) is 3.83. The Bertz CT molecular complexity index is 764. The number of ether oxygens (including phenoxy) is 2. The summed E-state index contributed by atoms with van der Waals surface area (Å²) in [5, 5.41) is 10.8. The van der Waals surface area contributed by atoms with Gasteiger partial charge in [-0.05, 0) is 36.6 Å². The zero-order valence-corrected chi connectivity index (χ0v) is 12.4. The van der Waals surface area contributed by atoms with E-state index in [1.807, 2.05) is 22.8 Å². The maximum absolute atomic E-state index is 11.9. The van der Waals surface area contributed by atoms with Gasteiger partial charge in [0.15, 0.2) is 17.3 Å². The maximum atomic E-state index is 11.9. The Morgan fingerprint density at radius 1 is 1.35 bits per heavy atom. The van der Waals surface area contributed by atoms with Crippen molar-refractivity contribution >= 4 is 12.0 Å². The highest BCUT2D eigenvalue weighted by molar-refractivity contribution is 5.91. The molecule has 23 heavy (non-hydrogen) atoms. The van der Waals surface area contributed by atoms with E-state index in [1.165, 1.54) is 6.08 Å². The summed E-state index contributed by atoms with van der Waals surface area (Å²) in [6, 6.07) is 6.05. The van der Waals surface area contributed by atoms with E-state index in [4.69, 9.17) is 9.47 Å². The Labute approximate surface area is 132 Å². The second-order valence-electron chi connectivity index (χ2n) is 5.55. The summed E-state index contributed by atoms with van der Waals surface area (Å²) in [5.74, 6) is 2.04. The highest BCUT2D eigenvalue weighted by Gasteiger charge is 2.25. The number of hydrogen-bond acceptors (Lipinski definition) is 5. The monoisotopic (exact) mass is 312 g/mol. The van der Waals surface area contributed by atoms with Gasteiger partial charge >= 0.3 is 0 Å². The number of amides is 1. The van der Waals surface area contributed by atoms with E-state index in [9.17, 15) is 4.79 Å². The van der Waals surface area contributed by atoms with Gasteiger partial charge in [-0.2, -0.15) is 0 Å². The Hall–Kier alpha value is -2.83. The molecule has 0 atom stereocenters. The van der Waals surface area contributed by atoms with Gasteiger partial charge < -0.3 is 19.4 Å². The average Bonchev–Trinajstić information content (AvgIpc) is 3.11. The number of aromatic nitrogens is 3. The van der Waals surface area contributed by atoms with Crippen LogP contribution in [0.5, 0.6) is 11.5 Å². The zero-order valence-electron chi connectivity index (χ0n) is 12.4. The predicted octanol–water partition coefficient (Wildman–Crippen LogP) is 1.67. The van der Waals surface area contributed by atoms with Gasteiger partial charge in [-0.1, -0.05) is 6.07 Å². The lowest BCUT2D eigenvalue weighted by atomic mass is 10.2. The summed E-state index contributed by atoms with van der Waals surface area (Å²) in [6.07, 6.45) is 7.27. The SMILES string of the molecule is O=C(C=Cc1ccc2c(c1)OCO2)NCc1nncn1C1CC1. The van der Waals surface area contributed by atoms with Crippen LogP contribution in [-0.4, -0.2) is 27.5 Å². The van der Waals surface area contributed by atoms with Crippen LogP contribution in [0.3, 0.4) is 0 Å². The molecule has 7 heteroatoms. The van der Waals surface area contributed by atoms with Crippen molar-refractivity contribution in [3.63, 3.8) is 0 Å². The summed E-state index contributed by atoms with van der Waals surface area (Å²) in [5.41, 5.74) is 0.880. The highest BCUT2D eigenvalue weighted by Crippen LogP contribution is 2.35. The second kappa shape index (κ2) is 5.75. The van der Waals surface area contributed by atoms with Gasteiger partial charge in [-0.3, -0.25) is 4.79 Å². The standard InChI is InChI=1S/C16H16N4O3/c21-16(17-8-15-19-18-9-20(15)12-3-4-12)6-2-11-1-5-13-14(7-11)23-10-22-13/h1-2,5-7,9,12H,3-4,8,10H2,(H,17,21). The van der Waals surface area contributed by atoms with Crippen molar-refractivity contribution in [3.8, 4) is 11.5 Å². The predicted molar refractivity (Wildman–Crippen MR) is 81.7 cm³/mol. The number of hydrogen-bond donors (Lipinski definition) is 1. The lowest BCUT2D eigenvalue weighted by molar-refractivity contribution is -0.116. The van der Waals surface area contributed by atoms with Crippen molar-refractivity contribution in [3.05, 3.63) is 42.0 Å². The Balaban J connectivity index is 1.35. The molecule has 1 fully saturated rings. The van der Waals surface area contributed by atoms with Gasteiger partial charge in [0, 0.05) is 12.1 Å². The van der Waals surface area contributed by atoms with Crippen LogP contribution in [0, 0.1) is 0 Å². The molecular weight excluding hydrogens is 296 g/mol. The molecular formula is C16H16N4O3. The van der Waals surface area contributed by atoms with Crippen molar-refractivity contribution in [1.82, 2.24) is 20.1 Å². The first-order valence-corrected chi connectivity index (χ1v) is 7.53. The smallest absolute Gasteiger partial charge is 0.244 e. The van der Waals surface area contributed by atoms with E-state index in [-0.39, 0.29) is 12.7 Å².